The highest BCUT2D eigenvalue weighted by atomic mass is 19.4. The van der Waals surface area contributed by atoms with Crippen molar-refractivity contribution < 1.29 is 41.0 Å². The molecule has 4 aromatic rings. The van der Waals surface area contributed by atoms with Crippen LogP contribution in [-0.4, -0.2) is 82.9 Å². The van der Waals surface area contributed by atoms with Crippen molar-refractivity contribution >= 4 is 33.4 Å². The molecule has 2 aliphatic heterocycles. The van der Waals surface area contributed by atoms with Crippen molar-refractivity contribution in [3.05, 3.63) is 78.0 Å². The van der Waals surface area contributed by atoms with Gasteiger partial charge in [-0.05, 0) is 79.1 Å². The van der Waals surface area contributed by atoms with Gasteiger partial charge >= 0.3 is 18.3 Å². The molecule has 2 aliphatic rings. The fourth-order valence-electron chi connectivity index (χ4n) is 7.41. The number of pyridine rings is 1. The number of alkyl halides is 6. The largest absolute Gasteiger partial charge is 0.480 e. The van der Waals surface area contributed by atoms with E-state index in [-0.39, 0.29) is 6.42 Å². The Bertz CT molecular complexity index is 1860. The Balaban J connectivity index is 1.28. The molecule has 0 aliphatic carbocycles. The van der Waals surface area contributed by atoms with E-state index in [0.29, 0.717) is 10.9 Å². The van der Waals surface area contributed by atoms with E-state index in [4.69, 9.17) is 4.98 Å². The smallest absolute Gasteiger partial charge is 0.403 e. The normalized spacial score (nSPS) is 18.3. The monoisotopic (exact) mass is 700 g/mol. The first-order valence-corrected chi connectivity index (χ1v) is 16.8. The Morgan fingerprint density at radius 3 is 2.06 bits per heavy atom. The molecule has 1 atom stereocenters. The van der Waals surface area contributed by atoms with E-state index in [1.807, 2.05) is 36.5 Å². The molecule has 266 valence electrons. The highest BCUT2D eigenvalue weighted by Crippen LogP contribution is 2.47. The molecule has 13 heteroatoms. The number of carbonyl (C=O) groups is 2. The molecule has 0 saturated carbocycles. The molecule has 50 heavy (non-hydrogen) atoms. The number of carboxylic acid groups (broad SMARTS) is 1. The molecule has 1 amide bonds. The van der Waals surface area contributed by atoms with Gasteiger partial charge < -0.3 is 10.4 Å². The van der Waals surface area contributed by atoms with Crippen LogP contribution in [0, 0.1) is 5.41 Å². The minimum absolute atomic E-state index is 0.320. The number of hydrogen-bond acceptors (Lipinski definition) is 5. The van der Waals surface area contributed by atoms with E-state index in [2.05, 4.69) is 16.3 Å². The number of rotatable bonds is 9. The minimum atomic E-state index is -5.10. The summed E-state index contributed by atoms with van der Waals surface area (Å²) in [5.74, 6) is -3.08. The van der Waals surface area contributed by atoms with Gasteiger partial charge in [0.2, 0.25) is 5.91 Å². The topological polar surface area (TPSA) is 85.8 Å². The molecular weight excluding hydrogens is 662 g/mol. The van der Waals surface area contributed by atoms with Gasteiger partial charge in [0.15, 0.2) is 0 Å². The van der Waals surface area contributed by atoms with Gasteiger partial charge in [-0.3, -0.25) is 19.6 Å². The summed E-state index contributed by atoms with van der Waals surface area (Å²) in [5.41, 5.74) is 0.126. The summed E-state index contributed by atoms with van der Waals surface area (Å²) in [4.78, 5) is 33.8. The predicted molar refractivity (Wildman–Crippen MR) is 177 cm³/mol. The fourth-order valence-corrected chi connectivity index (χ4v) is 7.41. The molecule has 6 rings (SSSR count). The molecule has 3 heterocycles. The summed E-state index contributed by atoms with van der Waals surface area (Å²) in [7, 11) is 0. The van der Waals surface area contributed by atoms with Crippen LogP contribution in [0.5, 0.6) is 0 Å². The van der Waals surface area contributed by atoms with Crippen LogP contribution in [0.2, 0.25) is 0 Å². The number of benzene rings is 3. The fraction of sp³-hybridized carbons (Fsp3) is 0.432. The van der Waals surface area contributed by atoms with Crippen LogP contribution < -0.4 is 5.32 Å². The first kappa shape index (κ1) is 35.6. The van der Waals surface area contributed by atoms with Crippen LogP contribution in [0.1, 0.15) is 43.2 Å². The maximum Gasteiger partial charge on any atom is 0.403 e. The third-order valence-electron chi connectivity index (χ3n) is 10.1. The number of aliphatic carboxylic acids is 1. The molecule has 7 nitrogen and oxygen atoms in total. The molecule has 0 spiro atoms. The quantitative estimate of drug-likeness (QED) is 0.178. The van der Waals surface area contributed by atoms with Gasteiger partial charge in [-0.1, -0.05) is 67.1 Å². The number of aromatic nitrogens is 1. The lowest BCUT2D eigenvalue weighted by atomic mass is 9.76. The van der Waals surface area contributed by atoms with Crippen LogP contribution in [0.3, 0.4) is 0 Å². The van der Waals surface area contributed by atoms with Crippen molar-refractivity contribution in [1.29, 1.82) is 0 Å². The van der Waals surface area contributed by atoms with Crippen molar-refractivity contribution in [3.63, 3.8) is 0 Å². The van der Waals surface area contributed by atoms with Crippen molar-refractivity contribution in [1.82, 2.24) is 20.1 Å². The van der Waals surface area contributed by atoms with Gasteiger partial charge in [0.05, 0.1) is 12.2 Å². The molecular formula is C37H38F6N4O3. The van der Waals surface area contributed by atoms with E-state index >= 15 is 0 Å². The highest BCUT2D eigenvalue weighted by Gasteiger charge is 2.61. The van der Waals surface area contributed by atoms with Crippen LogP contribution in [0.25, 0.3) is 32.8 Å². The molecule has 2 N–H and O–H groups in total. The zero-order valence-electron chi connectivity index (χ0n) is 27.3. The van der Waals surface area contributed by atoms with Gasteiger partial charge in [-0.15, -0.1) is 0 Å². The molecule has 0 unspecified atom stereocenters. The van der Waals surface area contributed by atoms with Gasteiger partial charge in [-0.2, -0.15) is 26.3 Å². The van der Waals surface area contributed by atoms with Crippen LogP contribution in [0.15, 0.2) is 66.9 Å². The van der Waals surface area contributed by atoms with Crippen LogP contribution in [0.4, 0.5) is 26.3 Å². The number of amides is 1. The average Bonchev–Trinajstić information content (AvgIpc) is 3.07. The first-order chi connectivity index (χ1) is 23.8. The maximum atomic E-state index is 14.4. The summed E-state index contributed by atoms with van der Waals surface area (Å²) in [5, 5.41) is 15.6. The first-order valence-electron chi connectivity index (χ1n) is 16.8. The molecule has 0 bridgehead atoms. The standard InChI is InChI=1S/C37H38F6N4O3/c38-36(39,40)23-47-18-14-35(15-19-47,37(41,42)43)34(50)45-31(33(48)49)20-24-8-6-12-28-26(24)11-7-13-30(28)32-29-10-3-2-9-27(29)25(21-44-32)22-46-16-4-1-5-17-46/h2-3,6-13,21,31H,1,4-5,14-20,22-23H2,(H,45,50)(H,48,49)/t31-/m0/s1. The second-order valence-corrected chi connectivity index (χ2v) is 13.4. The lowest BCUT2D eigenvalue weighted by molar-refractivity contribution is -0.236. The van der Waals surface area contributed by atoms with Crippen molar-refractivity contribution in [2.24, 2.45) is 5.41 Å². The zero-order chi connectivity index (χ0) is 35.7. The van der Waals surface area contributed by atoms with E-state index < -0.39 is 68.2 Å². The molecule has 1 aromatic heterocycles. The Morgan fingerprint density at radius 2 is 1.40 bits per heavy atom. The second-order valence-electron chi connectivity index (χ2n) is 13.4. The van der Waals surface area contributed by atoms with E-state index in [1.54, 1.807) is 24.3 Å². The van der Waals surface area contributed by atoms with Crippen molar-refractivity contribution in [3.8, 4) is 11.3 Å². The number of piperidine rings is 2. The lowest BCUT2D eigenvalue weighted by Gasteiger charge is -2.42. The second kappa shape index (κ2) is 14.2. The van der Waals surface area contributed by atoms with Crippen molar-refractivity contribution in [2.75, 3.05) is 32.7 Å². The number of nitrogens with zero attached hydrogens (tertiary/aromatic N) is 3. The van der Waals surface area contributed by atoms with Crippen LogP contribution >= 0.6 is 0 Å². The molecule has 2 saturated heterocycles. The third-order valence-corrected chi connectivity index (χ3v) is 10.1. The number of halogens is 6. The van der Waals surface area contributed by atoms with Gasteiger partial charge in [0.1, 0.15) is 11.5 Å². The van der Waals surface area contributed by atoms with E-state index in [1.165, 1.54) is 19.3 Å². The summed E-state index contributed by atoms with van der Waals surface area (Å²) in [6.07, 6.45) is -6.39. The maximum absolute atomic E-state index is 14.4. The van der Waals surface area contributed by atoms with Crippen LogP contribution in [-0.2, 0) is 22.6 Å². The Kier molecular flexibility index (Phi) is 10.1. The van der Waals surface area contributed by atoms with Gasteiger partial charge in [0.25, 0.3) is 0 Å². The summed E-state index contributed by atoms with van der Waals surface area (Å²) in [6.45, 7) is 0.251. The Morgan fingerprint density at radius 1 is 0.780 bits per heavy atom. The third kappa shape index (κ3) is 7.44. The van der Waals surface area contributed by atoms with Gasteiger partial charge in [-0.25, -0.2) is 4.79 Å². The highest BCUT2D eigenvalue weighted by molar-refractivity contribution is 6.05. The van der Waals surface area contributed by atoms with Crippen molar-refractivity contribution in [2.45, 2.75) is 63.5 Å². The summed E-state index contributed by atoms with van der Waals surface area (Å²) in [6, 6.07) is 17.1. The van der Waals surface area contributed by atoms with E-state index in [9.17, 15) is 41.0 Å². The number of carboxylic acids is 1. The number of hydrogen-bond donors (Lipinski definition) is 2. The number of likely N-dealkylation sites (tertiary alicyclic amines) is 2. The predicted octanol–water partition coefficient (Wildman–Crippen LogP) is 7.36. The zero-order valence-corrected chi connectivity index (χ0v) is 27.3. The summed E-state index contributed by atoms with van der Waals surface area (Å²) < 4.78 is 81.8. The SMILES string of the molecule is O=C(O)[C@H](Cc1cccc2c(-c3ncc(CN4CCCCC4)c4ccccc34)cccc12)NC(=O)C1(C(F)(F)F)CCN(CC(F)(F)F)CC1. The Hall–Kier alpha value is -4.23. The number of fused-ring (bicyclic) bond motifs is 2. The van der Waals surface area contributed by atoms with E-state index in [0.717, 1.165) is 57.5 Å². The Labute approximate surface area is 285 Å². The van der Waals surface area contributed by atoms with Gasteiger partial charge in [0, 0.05) is 30.1 Å². The average molecular weight is 701 g/mol. The minimum Gasteiger partial charge on any atom is -0.480 e. The number of carbonyl (C=O) groups excluding carboxylic acids is 1. The molecule has 2 fully saturated rings. The molecule has 0 radical (unpaired) electrons. The lowest BCUT2D eigenvalue weighted by Crippen LogP contribution is -2.59. The molecule has 3 aromatic carbocycles. The summed E-state index contributed by atoms with van der Waals surface area (Å²) >= 11 is 0. The number of nitrogens with one attached hydrogen (secondary N) is 1.